The third-order valence-corrected chi connectivity index (χ3v) is 1.85. The fourth-order valence-electron chi connectivity index (χ4n) is 1.18. The van der Waals surface area contributed by atoms with Crippen molar-refractivity contribution in [2.24, 2.45) is 0 Å². The maximum absolute atomic E-state index is 10.6. The Morgan fingerprint density at radius 3 is 2.62 bits per heavy atom. The third-order valence-electron chi connectivity index (χ3n) is 1.85. The van der Waals surface area contributed by atoms with Crippen molar-refractivity contribution in [1.82, 2.24) is 4.98 Å². The lowest BCUT2D eigenvalue weighted by atomic mass is 10.2. The first-order chi connectivity index (χ1) is 6.07. The first-order valence-electron chi connectivity index (χ1n) is 3.72. The number of nitrogens with zero attached hydrogens (tertiary/aromatic N) is 2. The number of aryl methyl sites for hydroxylation is 1. The highest BCUT2D eigenvalue weighted by atomic mass is 16.6. The minimum Gasteiger partial charge on any atom is -0.495 e. The van der Waals surface area contributed by atoms with E-state index in [-0.39, 0.29) is 5.69 Å². The van der Waals surface area contributed by atoms with Crippen molar-refractivity contribution in [2.45, 2.75) is 13.8 Å². The van der Waals surface area contributed by atoms with Gasteiger partial charge in [0.05, 0.1) is 23.8 Å². The van der Waals surface area contributed by atoms with Gasteiger partial charge in [0.25, 0.3) is 5.69 Å². The van der Waals surface area contributed by atoms with Crippen LogP contribution in [0.1, 0.15) is 11.3 Å². The molecule has 1 aromatic rings. The van der Waals surface area contributed by atoms with Crippen LogP contribution in [-0.4, -0.2) is 17.0 Å². The molecule has 0 aliphatic carbocycles. The van der Waals surface area contributed by atoms with E-state index in [1.54, 1.807) is 13.8 Å². The van der Waals surface area contributed by atoms with E-state index in [1.807, 2.05) is 0 Å². The van der Waals surface area contributed by atoms with Crippen molar-refractivity contribution in [2.75, 3.05) is 7.11 Å². The molecule has 0 aromatic carbocycles. The summed E-state index contributed by atoms with van der Waals surface area (Å²) in [4.78, 5) is 14.0. The molecule has 1 aromatic heterocycles. The lowest BCUT2D eigenvalue weighted by Crippen LogP contribution is -1.99. The van der Waals surface area contributed by atoms with Gasteiger partial charge < -0.3 is 4.74 Å². The smallest absolute Gasteiger partial charge is 0.297 e. The zero-order chi connectivity index (χ0) is 10.0. The normalized spacial score (nSPS) is 9.77. The number of ether oxygens (including phenoxy) is 1. The fraction of sp³-hybridized carbons (Fsp3) is 0.375. The van der Waals surface area contributed by atoms with Gasteiger partial charge in [-0.2, -0.15) is 0 Å². The Morgan fingerprint density at radius 1 is 1.54 bits per heavy atom. The molecule has 0 saturated heterocycles. The van der Waals surface area contributed by atoms with Crippen LogP contribution in [0.5, 0.6) is 5.75 Å². The summed E-state index contributed by atoms with van der Waals surface area (Å²) in [5.41, 5.74) is 0.947. The second kappa shape index (κ2) is 3.38. The topological polar surface area (TPSA) is 65.3 Å². The molecule has 0 fully saturated rings. The molecule has 5 nitrogen and oxygen atoms in total. The average Bonchev–Trinajstić information content (AvgIpc) is 2.04. The van der Waals surface area contributed by atoms with Crippen LogP contribution in [0.15, 0.2) is 6.20 Å². The number of pyridine rings is 1. The Bertz CT molecular complexity index is 349. The number of hydrogen-bond donors (Lipinski definition) is 0. The highest BCUT2D eigenvalue weighted by Gasteiger charge is 2.18. The zero-order valence-electron chi connectivity index (χ0n) is 7.70. The van der Waals surface area contributed by atoms with Gasteiger partial charge in [0.1, 0.15) is 11.4 Å². The first-order valence-corrected chi connectivity index (χ1v) is 3.72. The van der Waals surface area contributed by atoms with Gasteiger partial charge in [0.2, 0.25) is 0 Å². The first kappa shape index (κ1) is 9.44. The van der Waals surface area contributed by atoms with Crippen molar-refractivity contribution in [1.29, 1.82) is 0 Å². The van der Waals surface area contributed by atoms with Gasteiger partial charge in [-0.1, -0.05) is 0 Å². The van der Waals surface area contributed by atoms with Gasteiger partial charge in [0.15, 0.2) is 0 Å². The van der Waals surface area contributed by atoms with Crippen LogP contribution in [0.2, 0.25) is 0 Å². The molecule has 0 amide bonds. The molecule has 13 heavy (non-hydrogen) atoms. The molecule has 0 aliphatic rings. The summed E-state index contributed by atoms with van der Waals surface area (Å²) in [5, 5.41) is 10.6. The van der Waals surface area contributed by atoms with Gasteiger partial charge in [-0.05, 0) is 13.8 Å². The highest BCUT2D eigenvalue weighted by molar-refractivity contribution is 5.49. The predicted molar refractivity (Wildman–Crippen MR) is 46.9 cm³/mol. The molecule has 0 saturated carbocycles. The fourth-order valence-corrected chi connectivity index (χ4v) is 1.18. The molecule has 0 radical (unpaired) electrons. The Kier molecular flexibility index (Phi) is 2.46. The second-order valence-electron chi connectivity index (χ2n) is 2.64. The summed E-state index contributed by atoms with van der Waals surface area (Å²) >= 11 is 0. The van der Waals surface area contributed by atoms with E-state index in [2.05, 4.69) is 4.98 Å². The summed E-state index contributed by atoms with van der Waals surface area (Å²) in [6.45, 7) is 3.25. The van der Waals surface area contributed by atoms with Crippen molar-refractivity contribution in [3.05, 3.63) is 27.6 Å². The molecule has 0 N–H and O–H groups in total. The molecule has 0 spiro atoms. The van der Waals surface area contributed by atoms with E-state index < -0.39 is 4.92 Å². The predicted octanol–water partition coefficient (Wildman–Crippen LogP) is 1.62. The largest absolute Gasteiger partial charge is 0.495 e. The molecular weight excluding hydrogens is 172 g/mol. The van der Waals surface area contributed by atoms with Gasteiger partial charge in [-0.15, -0.1) is 0 Å². The Balaban J connectivity index is 3.38. The summed E-state index contributed by atoms with van der Waals surface area (Å²) < 4.78 is 4.92. The monoisotopic (exact) mass is 182 g/mol. The molecule has 1 rings (SSSR count). The molecule has 1 heterocycles. The van der Waals surface area contributed by atoms with Crippen molar-refractivity contribution in [3.63, 3.8) is 0 Å². The van der Waals surface area contributed by atoms with Gasteiger partial charge >= 0.3 is 0 Å². The van der Waals surface area contributed by atoms with E-state index in [0.29, 0.717) is 17.0 Å². The van der Waals surface area contributed by atoms with Crippen molar-refractivity contribution in [3.8, 4) is 5.75 Å². The highest BCUT2D eigenvalue weighted by Crippen LogP contribution is 2.28. The Morgan fingerprint density at radius 2 is 2.15 bits per heavy atom. The van der Waals surface area contributed by atoms with E-state index in [1.165, 1.54) is 13.3 Å². The average molecular weight is 182 g/mol. The van der Waals surface area contributed by atoms with Crippen LogP contribution < -0.4 is 4.74 Å². The van der Waals surface area contributed by atoms with E-state index >= 15 is 0 Å². The summed E-state index contributed by atoms with van der Waals surface area (Å²) in [5.74, 6) is 0.442. The maximum Gasteiger partial charge on any atom is 0.297 e. The minimum absolute atomic E-state index is 0.0272. The Hall–Kier alpha value is -1.65. The lowest BCUT2D eigenvalue weighted by molar-refractivity contribution is -0.386. The van der Waals surface area contributed by atoms with Crippen molar-refractivity contribution < 1.29 is 9.66 Å². The lowest BCUT2D eigenvalue weighted by Gasteiger charge is -2.05. The number of methoxy groups -OCH3 is 1. The van der Waals surface area contributed by atoms with E-state index in [0.717, 1.165) is 0 Å². The van der Waals surface area contributed by atoms with E-state index in [4.69, 9.17) is 4.74 Å². The van der Waals surface area contributed by atoms with Crippen LogP contribution in [0.25, 0.3) is 0 Å². The minimum atomic E-state index is -0.444. The summed E-state index contributed by atoms with van der Waals surface area (Å²) in [7, 11) is 1.46. The quantitative estimate of drug-likeness (QED) is 0.514. The molecular formula is C8H10N2O3. The summed E-state index contributed by atoms with van der Waals surface area (Å²) in [6, 6.07) is 0. The second-order valence-corrected chi connectivity index (χ2v) is 2.64. The number of aromatic nitrogens is 1. The summed E-state index contributed by atoms with van der Waals surface area (Å²) in [6.07, 6.45) is 1.48. The van der Waals surface area contributed by atoms with Crippen LogP contribution in [-0.2, 0) is 0 Å². The van der Waals surface area contributed by atoms with Gasteiger partial charge in [-0.3, -0.25) is 15.1 Å². The van der Waals surface area contributed by atoms with Crippen LogP contribution in [0.4, 0.5) is 5.69 Å². The zero-order valence-corrected chi connectivity index (χ0v) is 7.70. The molecule has 0 aliphatic heterocycles. The number of rotatable bonds is 2. The standard InChI is InChI=1S/C8H10N2O3/c1-5-7(13-3)4-9-6(2)8(5)10(11)12/h4H,1-3H3. The van der Waals surface area contributed by atoms with Gasteiger partial charge in [0, 0.05) is 0 Å². The SMILES string of the molecule is COc1cnc(C)c([N+](=O)[O-])c1C. The Labute approximate surface area is 75.5 Å². The maximum atomic E-state index is 10.6. The third kappa shape index (κ3) is 1.58. The van der Waals surface area contributed by atoms with Crippen LogP contribution in [0, 0.1) is 24.0 Å². The molecule has 5 heteroatoms. The number of hydrogen-bond acceptors (Lipinski definition) is 4. The molecule has 0 atom stereocenters. The van der Waals surface area contributed by atoms with Gasteiger partial charge in [-0.25, -0.2) is 0 Å². The van der Waals surface area contributed by atoms with Crippen LogP contribution >= 0.6 is 0 Å². The number of nitro groups is 1. The van der Waals surface area contributed by atoms with E-state index in [9.17, 15) is 10.1 Å². The molecule has 0 bridgehead atoms. The van der Waals surface area contributed by atoms with Crippen LogP contribution in [0.3, 0.4) is 0 Å². The van der Waals surface area contributed by atoms with Crippen molar-refractivity contribution >= 4 is 5.69 Å². The molecule has 70 valence electrons. The molecule has 0 unspecified atom stereocenters.